The van der Waals surface area contributed by atoms with Crippen LogP contribution in [0.1, 0.15) is 28.9 Å². The maximum absolute atomic E-state index is 13.2. The number of carboxylic acid groups (broad SMARTS) is 1. The Labute approximate surface area is 115 Å². The van der Waals surface area contributed by atoms with Crippen LogP contribution in [0.2, 0.25) is 0 Å². The van der Waals surface area contributed by atoms with Crippen LogP contribution in [-0.4, -0.2) is 16.2 Å². The second kappa shape index (κ2) is 5.61. The van der Waals surface area contributed by atoms with Crippen molar-refractivity contribution >= 4 is 11.7 Å². The van der Waals surface area contributed by atoms with Gasteiger partial charge in [-0.3, -0.25) is 0 Å². The van der Waals surface area contributed by atoms with Gasteiger partial charge < -0.3 is 15.5 Å². The molecule has 3 N–H and O–H groups in total. The average molecular weight is 275 g/mol. The molecule has 0 heterocycles. The molecule has 20 heavy (non-hydrogen) atoms. The maximum Gasteiger partial charge on any atom is 0.335 e. The summed E-state index contributed by atoms with van der Waals surface area (Å²) in [6.07, 6.45) is 0. The van der Waals surface area contributed by atoms with Crippen LogP contribution < -0.4 is 5.32 Å². The van der Waals surface area contributed by atoms with E-state index >= 15 is 0 Å². The fraction of sp³-hybridized carbons (Fsp3) is 0.133. The van der Waals surface area contributed by atoms with Crippen molar-refractivity contribution in [1.82, 2.24) is 0 Å². The smallest absolute Gasteiger partial charge is 0.335 e. The minimum Gasteiger partial charge on any atom is -0.508 e. The molecule has 0 bridgehead atoms. The van der Waals surface area contributed by atoms with Crippen LogP contribution in [0, 0.1) is 5.82 Å². The molecule has 0 aliphatic rings. The van der Waals surface area contributed by atoms with E-state index in [1.54, 1.807) is 19.1 Å². The summed E-state index contributed by atoms with van der Waals surface area (Å²) >= 11 is 0. The van der Waals surface area contributed by atoms with E-state index in [1.165, 1.54) is 30.3 Å². The van der Waals surface area contributed by atoms with Gasteiger partial charge >= 0.3 is 5.97 Å². The summed E-state index contributed by atoms with van der Waals surface area (Å²) in [4.78, 5) is 10.9. The van der Waals surface area contributed by atoms with E-state index < -0.39 is 11.8 Å². The van der Waals surface area contributed by atoms with Gasteiger partial charge in [0, 0.05) is 11.3 Å². The van der Waals surface area contributed by atoms with Gasteiger partial charge in [0.25, 0.3) is 0 Å². The second-order valence-corrected chi connectivity index (χ2v) is 4.46. The van der Waals surface area contributed by atoms with Gasteiger partial charge in [-0.1, -0.05) is 6.07 Å². The predicted molar refractivity (Wildman–Crippen MR) is 73.5 cm³/mol. The molecule has 104 valence electrons. The normalized spacial score (nSPS) is 11.9. The van der Waals surface area contributed by atoms with Crippen LogP contribution >= 0.6 is 0 Å². The summed E-state index contributed by atoms with van der Waals surface area (Å²) in [7, 11) is 0. The Morgan fingerprint density at radius 1 is 1.25 bits per heavy atom. The van der Waals surface area contributed by atoms with E-state index in [0.29, 0.717) is 11.3 Å². The fourth-order valence-electron chi connectivity index (χ4n) is 1.94. The van der Waals surface area contributed by atoms with Gasteiger partial charge in [0.15, 0.2) is 0 Å². The number of hydrogen-bond acceptors (Lipinski definition) is 3. The molecule has 0 saturated carbocycles. The summed E-state index contributed by atoms with van der Waals surface area (Å²) in [5.41, 5.74) is 1.15. The molecule has 4 nitrogen and oxygen atoms in total. The molecule has 0 fully saturated rings. The summed E-state index contributed by atoms with van der Waals surface area (Å²) in [6.45, 7) is 1.75. The Balaban J connectivity index is 2.23. The predicted octanol–water partition coefficient (Wildman–Crippen LogP) is 3.40. The van der Waals surface area contributed by atoms with Gasteiger partial charge in [-0.15, -0.1) is 0 Å². The molecule has 1 unspecified atom stereocenters. The summed E-state index contributed by atoms with van der Waals surface area (Å²) in [6, 6.07) is 9.63. The third kappa shape index (κ3) is 3.06. The van der Waals surface area contributed by atoms with E-state index in [2.05, 4.69) is 5.32 Å². The summed E-state index contributed by atoms with van der Waals surface area (Å²) < 4.78 is 13.2. The SMILES string of the molecule is CC(Nc1cccc(C(=O)O)c1)c1cc(F)ccc1O. The second-order valence-electron chi connectivity index (χ2n) is 4.46. The molecule has 0 aliphatic carbocycles. The lowest BCUT2D eigenvalue weighted by atomic mass is 10.1. The molecule has 5 heteroatoms. The molecular weight excluding hydrogens is 261 g/mol. The van der Waals surface area contributed by atoms with Gasteiger partial charge in [-0.25, -0.2) is 9.18 Å². The lowest BCUT2D eigenvalue weighted by Gasteiger charge is -2.17. The number of anilines is 1. The van der Waals surface area contributed by atoms with E-state index in [1.807, 2.05) is 0 Å². The summed E-state index contributed by atoms with van der Waals surface area (Å²) in [5, 5.41) is 21.7. The van der Waals surface area contributed by atoms with Crippen LogP contribution in [0.25, 0.3) is 0 Å². The number of hydrogen-bond donors (Lipinski definition) is 3. The van der Waals surface area contributed by atoms with Crippen LogP contribution in [0.3, 0.4) is 0 Å². The molecule has 0 amide bonds. The zero-order valence-corrected chi connectivity index (χ0v) is 10.8. The largest absolute Gasteiger partial charge is 0.508 e. The highest BCUT2D eigenvalue weighted by Gasteiger charge is 2.12. The molecule has 0 spiro atoms. The van der Waals surface area contributed by atoms with Crippen molar-refractivity contribution in [2.45, 2.75) is 13.0 Å². The van der Waals surface area contributed by atoms with Gasteiger partial charge in [-0.05, 0) is 43.3 Å². The average Bonchev–Trinajstić information content (AvgIpc) is 2.41. The van der Waals surface area contributed by atoms with Gasteiger partial charge in [0.1, 0.15) is 11.6 Å². The third-order valence-corrected chi connectivity index (χ3v) is 2.95. The number of phenols is 1. The first-order valence-corrected chi connectivity index (χ1v) is 6.05. The number of nitrogens with one attached hydrogen (secondary N) is 1. The minimum absolute atomic E-state index is 0.0132. The minimum atomic E-state index is -1.02. The Morgan fingerprint density at radius 2 is 2.00 bits per heavy atom. The number of aromatic carboxylic acids is 1. The molecular formula is C15H14FNO3. The third-order valence-electron chi connectivity index (χ3n) is 2.95. The van der Waals surface area contributed by atoms with Crippen molar-refractivity contribution in [3.8, 4) is 5.75 Å². The fourth-order valence-corrected chi connectivity index (χ4v) is 1.94. The number of carboxylic acids is 1. The Morgan fingerprint density at radius 3 is 2.70 bits per heavy atom. The first kappa shape index (κ1) is 13.9. The van der Waals surface area contributed by atoms with E-state index in [0.717, 1.165) is 0 Å². The van der Waals surface area contributed by atoms with Crippen LogP contribution in [0.5, 0.6) is 5.75 Å². The maximum atomic E-state index is 13.2. The Bertz CT molecular complexity index is 643. The number of carbonyl (C=O) groups is 1. The van der Waals surface area contributed by atoms with Crippen molar-refractivity contribution in [3.63, 3.8) is 0 Å². The highest BCUT2D eigenvalue weighted by Crippen LogP contribution is 2.27. The molecule has 2 aromatic rings. The number of rotatable bonds is 4. The lowest BCUT2D eigenvalue weighted by Crippen LogP contribution is -2.08. The standard InChI is InChI=1S/C15H14FNO3/c1-9(13-8-11(16)5-6-14(13)18)17-12-4-2-3-10(7-12)15(19)20/h2-9,17-18H,1H3,(H,19,20). The van der Waals surface area contributed by atoms with E-state index in [-0.39, 0.29) is 17.4 Å². The number of halogens is 1. The molecule has 2 rings (SSSR count). The number of aromatic hydroxyl groups is 1. The number of phenolic OH excluding ortho intramolecular Hbond substituents is 1. The zero-order chi connectivity index (χ0) is 14.7. The molecule has 0 aromatic heterocycles. The molecule has 2 aromatic carbocycles. The van der Waals surface area contributed by atoms with Gasteiger partial charge in [0.2, 0.25) is 0 Å². The molecule has 0 saturated heterocycles. The lowest BCUT2D eigenvalue weighted by molar-refractivity contribution is 0.0697. The zero-order valence-electron chi connectivity index (χ0n) is 10.8. The van der Waals surface area contributed by atoms with Crippen molar-refractivity contribution in [2.75, 3.05) is 5.32 Å². The quantitative estimate of drug-likeness (QED) is 0.799. The Hall–Kier alpha value is -2.56. The van der Waals surface area contributed by atoms with E-state index in [9.17, 15) is 14.3 Å². The topological polar surface area (TPSA) is 69.6 Å². The van der Waals surface area contributed by atoms with Crippen molar-refractivity contribution in [2.24, 2.45) is 0 Å². The molecule has 0 aliphatic heterocycles. The van der Waals surface area contributed by atoms with Gasteiger partial charge in [-0.2, -0.15) is 0 Å². The van der Waals surface area contributed by atoms with Crippen molar-refractivity contribution in [1.29, 1.82) is 0 Å². The highest BCUT2D eigenvalue weighted by atomic mass is 19.1. The molecule has 1 atom stereocenters. The highest BCUT2D eigenvalue weighted by molar-refractivity contribution is 5.88. The van der Waals surface area contributed by atoms with Crippen LogP contribution in [0.4, 0.5) is 10.1 Å². The Kier molecular flexibility index (Phi) is 3.89. The van der Waals surface area contributed by atoms with Gasteiger partial charge in [0.05, 0.1) is 11.6 Å². The van der Waals surface area contributed by atoms with E-state index in [4.69, 9.17) is 5.11 Å². The van der Waals surface area contributed by atoms with Crippen LogP contribution in [0.15, 0.2) is 42.5 Å². The monoisotopic (exact) mass is 275 g/mol. The van der Waals surface area contributed by atoms with Crippen molar-refractivity contribution < 1.29 is 19.4 Å². The van der Waals surface area contributed by atoms with Crippen molar-refractivity contribution in [3.05, 3.63) is 59.4 Å². The first-order valence-electron chi connectivity index (χ1n) is 6.05. The van der Waals surface area contributed by atoms with Crippen LogP contribution in [-0.2, 0) is 0 Å². The summed E-state index contributed by atoms with van der Waals surface area (Å²) in [5.74, 6) is -1.47. The number of benzene rings is 2. The first-order chi connectivity index (χ1) is 9.47. The molecule has 0 radical (unpaired) electrons.